The molecule has 0 amide bonds. The molecule has 0 N–H and O–H groups in total. The molecule has 0 unspecified atom stereocenters. The number of hydrogen-bond donors (Lipinski definition) is 0. The highest BCUT2D eigenvalue weighted by Crippen LogP contribution is 2.07. The molecule has 1 aromatic rings. The van der Waals surface area contributed by atoms with Gasteiger partial charge >= 0.3 is 0 Å². The van der Waals surface area contributed by atoms with E-state index in [4.69, 9.17) is 0 Å². The van der Waals surface area contributed by atoms with Crippen LogP contribution < -0.4 is 0 Å². The summed E-state index contributed by atoms with van der Waals surface area (Å²) in [7, 11) is 0. The summed E-state index contributed by atoms with van der Waals surface area (Å²) in [6, 6.07) is 0. The van der Waals surface area contributed by atoms with Crippen molar-refractivity contribution in [3.63, 3.8) is 0 Å². The summed E-state index contributed by atoms with van der Waals surface area (Å²) in [5.74, 6) is 0. The predicted molar refractivity (Wildman–Crippen MR) is 40.8 cm³/mol. The monoisotopic (exact) mass is 152 g/mol. The Hall–Kier alpha value is -0.900. The van der Waals surface area contributed by atoms with Crippen molar-refractivity contribution in [3.8, 4) is 0 Å². The summed E-state index contributed by atoms with van der Waals surface area (Å²) >= 11 is 0. The standard InChI is InChI=1S/C7H12N4/c1-2-4-10(3-1)7-11-5-8-9-6-11/h5-6H,1-4,7H2. The van der Waals surface area contributed by atoms with E-state index in [-0.39, 0.29) is 0 Å². The zero-order valence-corrected chi connectivity index (χ0v) is 6.48. The molecule has 1 aromatic heterocycles. The minimum Gasteiger partial charge on any atom is -0.306 e. The molecule has 0 atom stereocenters. The molecule has 2 heterocycles. The van der Waals surface area contributed by atoms with Crippen LogP contribution >= 0.6 is 0 Å². The van der Waals surface area contributed by atoms with Crippen molar-refractivity contribution < 1.29 is 0 Å². The Balaban J connectivity index is 1.90. The molecule has 1 saturated heterocycles. The molecule has 1 aliphatic rings. The maximum absolute atomic E-state index is 3.75. The summed E-state index contributed by atoms with van der Waals surface area (Å²) in [5.41, 5.74) is 0. The van der Waals surface area contributed by atoms with Gasteiger partial charge in [-0.2, -0.15) is 0 Å². The summed E-state index contributed by atoms with van der Waals surface area (Å²) in [6.07, 6.45) is 6.20. The fourth-order valence-electron chi connectivity index (χ4n) is 1.45. The minimum absolute atomic E-state index is 0.951. The van der Waals surface area contributed by atoms with Gasteiger partial charge in [0.25, 0.3) is 0 Å². The van der Waals surface area contributed by atoms with Gasteiger partial charge in [0, 0.05) is 0 Å². The van der Waals surface area contributed by atoms with Gasteiger partial charge < -0.3 is 4.57 Å². The first kappa shape index (κ1) is 6.79. The molecule has 4 nitrogen and oxygen atoms in total. The zero-order valence-electron chi connectivity index (χ0n) is 6.48. The van der Waals surface area contributed by atoms with Gasteiger partial charge in [-0.15, -0.1) is 10.2 Å². The van der Waals surface area contributed by atoms with Gasteiger partial charge in [-0.3, -0.25) is 4.90 Å². The summed E-state index contributed by atoms with van der Waals surface area (Å²) < 4.78 is 2.01. The molecule has 0 bridgehead atoms. The molecular formula is C7H12N4. The summed E-state index contributed by atoms with van der Waals surface area (Å²) in [6.45, 7) is 3.39. The van der Waals surface area contributed by atoms with Gasteiger partial charge in [0.15, 0.2) is 0 Å². The molecule has 4 heteroatoms. The molecule has 1 fully saturated rings. The van der Waals surface area contributed by atoms with E-state index in [9.17, 15) is 0 Å². The Labute approximate surface area is 65.8 Å². The maximum Gasteiger partial charge on any atom is 0.120 e. The smallest absolute Gasteiger partial charge is 0.120 e. The first-order valence-electron chi connectivity index (χ1n) is 4.00. The Morgan fingerprint density at radius 2 is 1.73 bits per heavy atom. The van der Waals surface area contributed by atoms with Crippen LogP contribution in [0.5, 0.6) is 0 Å². The van der Waals surface area contributed by atoms with Crippen LogP contribution in [0.25, 0.3) is 0 Å². The Kier molecular flexibility index (Phi) is 1.85. The van der Waals surface area contributed by atoms with Crippen LogP contribution in [0.4, 0.5) is 0 Å². The van der Waals surface area contributed by atoms with Gasteiger partial charge in [-0.1, -0.05) is 0 Å². The molecule has 11 heavy (non-hydrogen) atoms. The van der Waals surface area contributed by atoms with E-state index >= 15 is 0 Å². The molecule has 60 valence electrons. The lowest BCUT2D eigenvalue weighted by atomic mass is 10.4. The SMILES string of the molecule is c1nncn1CN1CCCC1. The predicted octanol–water partition coefficient (Wildman–Crippen LogP) is 0.331. The fourth-order valence-corrected chi connectivity index (χ4v) is 1.45. The lowest BCUT2D eigenvalue weighted by molar-refractivity contribution is 0.270. The highest BCUT2D eigenvalue weighted by Gasteiger charge is 2.10. The zero-order chi connectivity index (χ0) is 7.52. The average molecular weight is 152 g/mol. The van der Waals surface area contributed by atoms with E-state index in [0.29, 0.717) is 0 Å². The second-order valence-electron chi connectivity index (χ2n) is 2.94. The van der Waals surface area contributed by atoms with Crippen molar-refractivity contribution in [2.75, 3.05) is 13.1 Å². The van der Waals surface area contributed by atoms with Crippen LogP contribution in [-0.4, -0.2) is 32.8 Å². The topological polar surface area (TPSA) is 34.0 Å². The second-order valence-corrected chi connectivity index (χ2v) is 2.94. The van der Waals surface area contributed by atoms with Crippen LogP contribution in [0.1, 0.15) is 12.8 Å². The molecule has 0 saturated carbocycles. The molecule has 0 aliphatic carbocycles. The summed E-state index contributed by atoms with van der Waals surface area (Å²) in [4.78, 5) is 2.41. The lowest BCUT2D eigenvalue weighted by Gasteiger charge is -2.13. The molecule has 0 radical (unpaired) electrons. The second kappa shape index (κ2) is 3.00. The normalized spacial score (nSPS) is 19.3. The van der Waals surface area contributed by atoms with E-state index in [1.54, 1.807) is 12.7 Å². The van der Waals surface area contributed by atoms with Crippen LogP contribution in [-0.2, 0) is 6.67 Å². The van der Waals surface area contributed by atoms with Crippen LogP contribution in [0, 0.1) is 0 Å². The summed E-state index contributed by atoms with van der Waals surface area (Å²) in [5, 5.41) is 7.50. The fraction of sp³-hybridized carbons (Fsp3) is 0.714. The van der Waals surface area contributed by atoms with Gasteiger partial charge in [0.2, 0.25) is 0 Å². The van der Waals surface area contributed by atoms with Crippen LogP contribution in [0.2, 0.25) is 0 Å². The van der Waals surface area contributed by atoms with Crippen molar-refractivity contribution >= 4 is 0 Å². The molecule has 0 aromatic carbocycles. The van der Waals surface area contributed by atoms with Gasteiger partial charge in [0.1, 0.15) is 12.7 Å². The van der Waals surface area contributed by atoms with Crippen molar-refractivity contribution in [2.45, 2.75) is 19.5 Å². The quantitative estimate of drug-likeness (QED) is 0.612. The van der Waals surface area contributed by atoms with Crippen molar-refractivity contribution in [3.05, 3.63) is 12.7 Å². The first-order valence-corrected chi connectivity index (χ1v) is 4.00. The van der Waals surface area contributed by atoms with Gasteiger partial charge in [0.05, 0.1) is 6.67 Å². The van der Waals surface area contributed by atoms with Crippen LogP contribution in [0.3, 0.4) is 0 Å². The van der Waals surface area contributed by atoms with E-state index in [1.165, 1.54) is 25.9 Å². The van der Waals surface area contributed by atoms with Gasteiger partial charge in [-0.05, 0) is 25.9 Å². The maximum atomic E-state index is 3.75. The van der Waals surface area contributed by atoms with Crippen molar-refractivity contribution in [1.29, 1.82) is 0 Å². The largest absolute Gasteiger partial charge is 0.306 e. The third-order valence-corrected chi connectivity index (χ3v) is 2.03. The van der Waals surface area contributed by atoms with E-state index < -0.39 is 0 Å². The third-order valence-electron chi connectivity index (χ3n) is 2.03. The lowest BCUT2D eigenvalue weighted by Crippen LogP contribution is -2.21. The number of nitrogens with zero attached hydrogens (tertiary/aromatic N) is 4. The third kappa shape index (κ3) is 1.57. The Morgan fingerprint density at radius 1 is 1.09 bits per heavy atom. The molecule has 0 spiro atoms. The average Bonchev–Trinajstić information content (AvgIpc) is 2.60. The highest BCUT2D eigenvalue weighted by atomic mass is 15.3. The van der Waals surface area contributed by atoms with E-state index in [1.807, 2.05) is 4.57 Å². The Morgan fingerprint density at radius 3 is 2.36 bits per heavy atom. The van der Waals surface area contributed by atoms with Crippen LogP contribution in [0.15, 0.2) is 12.7 Å². The van der Waals surface area contributed by atoms with E-state index in [0.717, 1.165) is 6.67 Å². The number of aromatic nitrogens is 3. The van der Waals surface area contributed by atoms with E-state index in [2.05, 4.69) is 15.1 Å². The number of hydrogen-bond acceptors (Lipinski definition) is 3. The molecule has 2 rings (SSSR count). The molecule has 1 aliphatic heterocycles. The highest BCUT2D eigenvalue weighted by molar-refractivity contribution is 4.66. The number of likely N-dealkylation sites (tertiary alicyclic amines) is 1. The molecular weight excluding hydrogens is 140 g/mol. The van der Waals surface area contributed by atoms with Crippen molar-refractivity contribution in [2.24, 2.45) is 0 Å². The van der Waals surface area contributed by atoms with Crippen molar-refractivity contribution in [1.82, 2.24) is 19.7 Å². The van der Waals surface area contributed by atoms with Gasteiger partial charge in [-0.25, -0.2) is 0 Å². The first-order chi connectivity index (χ1) is 5.45. The number of rotatable bonds is 2. The Bertz CT molecular complexity index is 200. The minimum atomic E-state index is 0.951.